The van der Waals surface area contributed by atoms with Gasteiger partial charge in [-0.3, -0.25) is 9.69 Å². The van der Waals surface area contributed by atoms with Gasteiger partial charge in [0.05, 0.1) is 0 Å². The molecule has 1 aliphatic heterocycles. The topological polar surface area (TPSA) is 35.6 Å². The molecule has 3 rings (SSSR count). The van der Waals surface area contributed by atoms with Crippen LogP contribution >= 0.6 is 0 Å². The van der Waals surface area contributed by atoms with Gasteiger partial charge in [-0.2, -0.15) is 0 Å². The van der Waals surface area contributed by atoms with Crippen molar-refractivity contribution < 1.29 is 4.79 Å². The second kappa shape index (κ2) is 9.24. The molecule has 0 spiro atoms. The van der Waals surface area contributed by atoms with Crippen LogP contribution in [0.5, 0.6) is 0 Å². The summed E-state index contributed by atoms with van der Waals surface area (Å²) in [6.45, 7) is 7.07. The first kappa shape index (κ1) is 20.4. The number of piperidine rings is 1. The predicted molar refractivity (Wildman–Crippen MR) is 118 cm³/mol. The molecule has 0 saturated carbocycles. The summed E-state index contributed by atoms with van der Waals surface area (Å²) in [6, 6.07) is 17.2. The molecule has 2 aromatic carbocycles. The molecule has 1 saturated heterocycles. The zero-order valence-electron chi connectivity index (χ0n) is 17.6. The highest BCUT2D eigenvalue weighted by molar-refractivity contribution is 5.92. The van der Waals surface area contributed by atoms with Crippen LogP contribution in [0.4, 0.5) is 11.4 Å². The molecule has 4 heteroatoms. The van der Waals surface area contributed by atoms with Crippen molar-refractivity contribution in [3.05, 3.63) is 59.7 Å². The van der Waals surface area contributed by atoms with Crippen LogP contribution in [0.2, 0.25) is 0 Å². The van der Waals surface area contributed by atoms with Gasteiger partial charge in [-0.1, -0.05) is 38.1 Å². The Balaban J connectivity index is 1.57. The molecule has 1 fully saturated rings. The number of hydrogen-bond acceptors (Lipinski definition) is 3. The Bertz CT molecular complexity index is 792. The Kier molecular flexibility index (Phi) is 6.74. The van der Waals surface area contributed by atoms with E-state index in [1.165, 1.54) is 16.8 Å². The fourth-order valence-corrected chi connectivity index (χ4v) is 3.77. The van der Waals surface area contributed by atoms with Gasteiger partial charge in [-0.15, -0.1) is 0 Å². The minimum absolute atomic E-state index is 0.00195. The fourth-order valence-electron chi connectivity index (χ4n) is 3.77. The highest BCUT2D eigenvalue weighted by atomic mass is 16.1. The van der Waals surface area contributed by atoms with Gasteiger partial charge < -0.3 is 10.2 Å². The summed E-state index contributed by atoms with van der Waals surface area (Å²) in [5, 5.41) is 3.02. The zero-order chi connectivity index (χ0) is 20.1. The maximum absolute atomic E-state index is 12.0. The lowest BCUT2D eigenvalue weighted by atomic mass is 9.89. The molecule has 4 nitrogen and oxygen atoms in total. The molecule has 0 aliphatic carbocycles. The lowest BCUT2D eigenvalue weighted by molar-refractivity contribution is -0.118. The lowest BCUT2D eigenvalue weighted by Crippen LogP contribution is -2.32. The lowest BCUT2D eigenvalue weighted by Gasteiger charge is -2.32. The monoisotopic (exact) mass is 379 g/mol. The molecular weight excluding hydrogens is 346 g/mol. The molecule has 0 unspecified atom stereocenters. The Morgan fingerprint density at radius 2 is 1.82 bits per heavy atom. The van der Waals surface area contributed by atoms with Gasteiger partial charge in [0.1, 0.15) is 0 Å². The number of benzene rings is 2. The van der Waals surface area contributed by atoms with E-state index in [1.807, 2.05) is 19.9 Å². The van der Waals surface area contributed by atoms with Crippen molar-refractivity contribution in [2.24, 2.45) is 5.92 Å². The molecule has 150 valence electrons. The zero-order valence-corrected chi connectivity index (χ0v) is 17.6. The molecule has 1 amide bonds. The molecule has 1 N–H and O–H groups in total. The summed E-state index contributed by atoms with van der Waals surface area (Å²) in [4.78, 5) is 16.7. The first-order valence-corrected chi connectivity index (χ1v) is 10.3. The summed E-state index contributed by atoms with van der Waals surface area (Å²) < 4.78 is 0. The van der Waals surface area contributed by atoms with E-state index in [0.29, 0.717) is 5.92 Å². The Morgan fingerprint density at radius 1 is 1.11 bits per heavy atom. The maximum atomic E-state index is 12.0. The smallest absolute Gasteiger partial charge is 0.226 e. The van der Waals surface area contributed by atoms with Gasteiger partial charge in [0.15, 0.2) is 0 Å². The van der Waals surface area contributed by atoms with Crippen LogP contribution in [0.25, 0.3) is 0 Å². The van der Waals surface area contributed by atoms with Crippen molar-refractivity contribution in [2.75, 3.05) is 37.4 Å². The molecule has 0 bridgehead atoms. The van der Waals surface area contributed by atoms with Crippen molar-refractivity contribution in [2.45, 2.75) is 39.2 Å². The number of carbonyl (C=O) groups excluding carboxylic acids is 1. The number of nitrogens with zero attached hydrogens (tertiary/aromatic N) is 2. The molecule has 0 atom stereocenters. The van der Waals surface area contributed by atoms with Gasteiger partial charge >= 0.3 is 0 Å². The average Bonchev–Trinajstić information content (AvgIpc) is 2.69. The van der Waals surface area contributed by atoms with Crippen molar-refractivity contribution >= 4 is 17.3 Å². The number of anilines is 2. The maximum Gasteiger partial charge on any atom is 0.226 e. The van der Waals surface area contributed by atoms with E-state index < -0.39 is 0 Å². The molecular formula is C24H33N3O. The Hall–Kier alpha value is -2.33. The van der Waals surface area contributed by atoms with Gasteiger partial charge in [-0.25, -0.2) is 0 Å². The SMILES string of the molecule is CC(C)C(=O)Nc1cccc(C2CCN(Cc3cccc(N(C)C)c3)CC2)c1. The van der Waals surface area contributed by atoms with Crippen molar-refractivity contribution in [3.8, 4) is 0 Å². The van der Waals surface area contributed by atoms with Crippen molar-refractivity contribution in [1.82, 2.24) is 4.90 Å². The summed E-state index contributed by atoms with van der Waals surface area (Å²) in [6.07, 6.45) is 2.32. The van der Waals surface area contributed by atoms with Crippen LogP contribution in [0, 0.1) is 5.92 Å². The fraction of sp³-hybridized carbons (Fsp3) is 0.458. The molecule has 1 heterocycles. The van der Waals surface area contributed by atoms with Crippen LogP contribution in [0.1, 0.15) is 43.7 Å². The van der Waals surface area contributed by atoms with Gasteiger partial charge in [0, 0.05) is 37.9 Å². The van der Waals surface area contributed by atoms with Crippen molar-refractivity contribution in [3.63, 3.8) is 0 Å². The van der Waals surface area contributed by atoms with E-state index in [1.54, 1.807) is 0 Å². The number of hydrogen-bond donors (Lipinski definition) is 1. The number of likely N-dealkylation sites (tertiary alicyclic amines) is 1. The number of rotatable bonds is 6. The molecule has 1 aliphatic rings. The Labute approximate surface area is 169 Å². The predicted octanol–water partition coefficient (Wildman–Crippen LogP) is 4.73. The van der Waals surface area contributed by atoms with Crippen LogP contribution < -0.4 is 10.2 Å². The second-order valence-corrected chi connectivity index (χ2v) is 8.38. The molecule has 0 radical (unpaired) electrons. The number of nitrogens with one attached hydrogen (secondary N) is 1. The summed E-state index contributed by atoms with van der Waals surface area (Å²) in [7, 11) is 4.17. The minimum atomic E-state index is -0.00195. The molecule has 2 aromatic rings. The Morgan fingerprint density at radius 3 is 2.50 bits per heavy atom. The quantitative estimate of drug-likeness (QED) is 0.788. The highest BCUT2D eigenvalue weighted by Crippen LogP contribution is 2.30. The first-order valence-electron chi connectivity index (χ1n) is 10.3. The third-order valence-electron chi connectivity index (χ3n) is 5.57. The summed E-state index contributed by atoms with van der Waals surface area (Å²) >= 11 is 0. The molecule has 0 aromatic heterocycles. The first-order chi connectivity index (χ1) is 13.4. The van der Waals surface area contributed by atoms with Gasteiger partial charge in [0.25, 0.3) is 0 Å². The number of amides is 1. The van der Waals surface area contributed by atoms with Crippen molar-refractivity contribution in [1.29, 1.82) is 0 Å². The third-order valence-corrected chi connectivity index (χ3v) is 5.57. The van der Waals surface area contributed by atoms with Crippen LogP contribution in [0.3, 0.4) is 0 Å². The van der Waals surface area contributed by atoms with Crippen LogP contribution in [-0.4, -0.2) is 38.0 Å². The summed E-state index contributed by atoms with van der Waals surface area (Å²) in [5.74, 6) is 0.644. The second-order valence-electron chi connectivity index (χ2n) is 8.38. The van der Waals surface area contributed by atoms with Crippen LogP contribution in [0.15, 0.2) is 48.5 Å². The van der Waals surface area contributed by atoms with E-state index >= 15 is 0 Å². The standard InChI is InChI=1S/C24H33N3O/c1-18(2)24(28)25-22-9-6-8-21(16-22)20-11-13-27(14-12-20)17-19-7-5-10-23(15-19)26(3)4/h5-10,15-16,18,20H,11-14,17H2,1-4H3,(H,25,28). The van der Waals surface area contributed by atoms with E-state index in [0.717, 1.165) is 38.2 Å². The normalized spacial score (nSPS) is 15.6. The van der Waals surface area contributed by atoms with E-state index in [-0.39, 0.29) is 11.8 Å². The average molecular weight is 380 g/mol. The van der Waals surface area contributed by atoms with E-state index in [2.05, 4.69) is 71.7 Å². The van der Waals surface area contributed by atoms with E-state index in [4.69, 9.17) is 0 Å². The van der Waals surface area contributed by atoms with Gasteiger partial charge in [0.2, 0.25) is 5.91 Å². The highest BCUT2D eigenvalue weighted by Gasteiger charge is 2.21. The molecule has 28 heavy (non-hydrogen) atoms. The van der Waals surface area contributed by atoms with Gasteiger partial charge in [-0.05, 0) is 67.2 Å². The minimum Gasteiger partial charge on any atom is -0.378 e. The number of carbonyl (C=O) groups is 1. The summed E-state index contributed by atoms with van der Waals surface area (Å²) in [5.41, 5.74) is 4.89. The van der Waals surface area contributed by atoms with Crippen LogP contribution in [-0.2, 0) is 11.3 Å². The largest absolute Gasteiger partial charge is 0.378 e. The van der Waals surface area contributed by atoms with E-state index in [9.17, 15) is 4.79 Å². The third kappa shape index (κ3) is 5.35.